The molecule has 2 aromatic rings. The third kappa shape index (κ3) is 5.25. The fraction of sp³-hybridized carbons (Fsp3) is 0.524. The quantitative estimate of drug-likeness (QED) is 0.747. The van der Waals surface area contributed by atoms with Gasteiger partial charge in [0, 0.05) is 23.5 Å². The van der Waals surface area contributed by atoms with Crippen LogP contribution in [-0.2, 0) is 27.6 Å². The van der Waals surface area contributed by atoms with Crippen LogP contribution in [0.1, 0.15) is 41.9 Å². The maximum absolute atomic E-state index is 12.4. The molecule has 1 atom stereocenters. The molecular formula is C21H30N4O3S. The van der Waals surface area contributed by atoms with Gasteiger partial charge in [-0.2, -0.15) is 5.10 Å². The maximum atomic E-state index is 12.4. The predicted octanol–water partition coefficient (Wildman–Crippen LogP) is 2.49. The van der Waals surface area contributed by atoms with E-state index in [1.165, 1.54) is 5.56 Å². The van der Waals surface area contributed by atoms with Crippen molar-refractivity contribution in [1.82, 2.24) is 14.7 Å². The Morgan fingerprint density at radius 2 is 1.97 bits per heavy atom. The van der Waals surface area contributed by atoms with Crippen LogP contribution in [0.3, 0.4) is 0 Å². The molecule has 7 nitrogen and oxygen atoms in total. The molecule has 1 aliphatic heterocycles. The summed E-state index contributed by atoms with van der Waals surface area (Å²) >= 11 is 0. The molecular weight excluding hydrogens is 388 g/mol. The van der Waals surface area contributed by atoms with Crippen LogP contribution < -0.4 is 5.32 Å². The van der Waals surface area contributed by atoms with E-state index in [1.807, 2.05) is 54.7 Å². The van der Waals surface area contributed by atoms with Crippen LogP contribution >= 0.6 is 0 Å². The van der Waals surface area contributed by atoms with Crippen molar-refractivity contribution in [3.8, 4) is 0 Å². The number of hydrogen-bond donors (Lipinski definition) is 1. The summed E-state index contributed by atoms with van der Waals surface area (Å²) in [5.41, 5.74) is 4.94. The van der Waals surface area contributed by atoms with E-state index in [4.69, 9.17) is 0 Å². The molecule has 0 unspecified atom stereocenters. The molecule has 158 valence electrons. The van der Waals surface area contributed by atoms with Gasteiger partial charge < -0.3 is 5.32 Å². The zero-order valence-electron chi connectivity index (χ0n) is 17.6. The molecule has 1 aliphatic rings. The molecule has 0 radical (unpaired) electrons. The predicted molar refractivity (Wildman–Crippen MR) is 115 cm³/mol. The summed E-state index contributed by atoms with van der Waals surface area (Å²) in [6.45, 7) is 6.85. The highest BCUT2D eigenvalue weighted by atomic mass is 32.2. The Balaban J connectivity index is 1.61. The van der Waals surface area contributed by atoms with E-state index in [-0.39, 0.29) is 30.0 Å². The normalized spacial score (nSPS) is 18.3. The minimum Gasteiger partial charge on any atom is -0.325 e. The summed E-state index contributed by atoms with van der Waals surface area (Å²) < 4.78 is 25.5. The van der Waals surface area contributed by atoms with Gasteiger partial charge in [0.05, 0.1) is 29.8 Å². The summed E-state index contributed by atoms with van der Waals surface area (Å²) in [5.74, 6) is 0.315. The van der Waals surface area contributed by atoms with Gasteiger partial charge in [0.15, 0.2) is 9.84 Å². The molecule has 0 spiro atoms. The lowest BCUT2D eigenvalue weighted by atomic mass is 10.1. The number of anilines is 1. The molecule has 1 amide bonds. The Kier molecular flexibility index (Phi) is 6.43. The molecule has 0 aliphatic carbocycles. The average Bonchev–Trinajstić information content (AvgIpc) is 3.15. The first kappa shape index (κ1) is 21.5. The summed E-state index contributed by atoms with van der Waals surface area (Å²) in [5, 5.41) is 7.53. The van der Waals surface area contributed by atoms with E-state index in [0.29, 0.717) is 13.0 Å². The van der Waals surface area contributed by atoms with Crippen molar-refractivity contribution in [2.75, 3.05) is 30.4 Å². The highest BCUT2D eigenvalue weighted by molar-refractivity contribution is 7.91. The summed E-state index contributed by atoms with van der Waals surface area (Å²) in [6, 6.07) is 7.79. The van der Waals surface area contributed by atoms with Crippen LogP contribution in [0.15, 0.2) is 24.3 Å². The number of nitrogens with one attached hydrogen (secondary N) is 1. The number of carbonyl (C=O) groups excluding carboxylic acids is 1. The van der Waals surface area contributed by atoms with Crippen LogP contribution in [0, 0.1) is 13.8 Å². The van der Waals surface area contributed by atoms with Crippen molar-refractivity contribution < 1.29 is 13.2 Å². The number of rotatable bonds is 7. The Bertz CT molecular complexity index is 980. The SMILES string of the molecule is CCc1ccc(NC(=O)CN(C)Cc2c(C)nn([C@@H]3CCS(=O)(=O)C3)c2C)cc1. The minimum absolute atomic E-state index is 0.0682. The Labute approximate surface area is 173 Å². The van der Waals surface area contributed by atoms with E-state index in [2.05, 4.69) is 17.3 Å². The van der Waals surface area contributed by atoms with E-state index in [0.717, 1.165) is 29.1 Å². The molecule has 1 N–H and O–H groups in total. The smallest absolute Gasteiger partial charge is 0.238 e. The minimum atomic E-state index is -2.96. The van der Waals surface area contributed by atoms with E-state index < -0.39 is 9.84 Å². The van der Waals surface area contributed by atoms with Crippen LogP contribution in [0.5, 0.6) is 0 Å². The number of carbonyl (C=O) groups is 1. The second kappa shape index (κ2) is 8.67. The fourth-order valence-corrected chi connectivity index (χ4v) is 5.54. The van der Waals surface area contributed by atoms with E-state index in [9.17, 15) is 13.2 Å². The van der Waals surface area contributed by atoms with Crippen molar-refractivity contribution in [3.05, 3.63) is 46.8 Å². The first-order valence-electron chi connectivity index (χ1n) is 10.0. The largest absolute Gasteiger partial charge is 0.325 e. The molecule has 1 aromatic heterocycles. The zero-order chi connectivity index (χ0) is 21.2. The van der Waals surface area contributed by atoms with Gasteiger partial charge >= 0.3 is 0 Å². The monoisotopic (exact) mass is 418 g/mol. The van der Waals surface area contributed by atoms with Crippen LogP contribution in [0.25, 0.3) is 0 Å². The molecule has 1 fully saturated rings. The second-order valence-electron chi connectivity index (χ2n) is 7.92. The second-order valence-corrected chi connectivity index (χ2v) is 10.2. The average molecular weight is 419 g/mol. The van der Waals surface area contributed by atoms with Gasteiger partial charge in [-0.1, -0.05) is 19.1 Å². The number of benzene rings is 1. The number of sulfone groups is 1. The van der Waals surface area contributed by atoms with Gasteiger partial charge in [-0.25, -0.2) is 8.42 Å². The Hall–Kier alpha value is -2.19. The Morgan fingerprint density at radius 1 is 1.28 bits per heavy atom. The number of hydrogen-bond acceptors (Lipinski definition) is 5. The lowest BCUT2D eigenvalue weighted by molar-refractivity contribution is -0.117. The first-order valence-corrected chi connectivity index (χ1v) is 11.8. The number of aromatic nitrogens is 2. The third-order valence-electron chi connectivity index (χ3n) is 5.52. The highest BCUT2D eigenvalue weighted by Crippen LogP contribution is 2.27. The lowest BCUT2D eigenvalue weighted by Crippen LogP contribution is -2.30. The molecule has 0 saturated carbocycles. The third-order valence-corrected chi connectivity index (χ3v) is 7.27. The Morgan fingerprint density at radius 3 is 2.55 bits per heavy atom. The zero-order valence-corrected chi connectivity index (χ0v) is 18.4. The highest BCUT2D eigenvalue weighted by Gasteiger charge is 2.31. The topological polar surface area (TPSA) is 84.3 Å². The number of nitrogens with zero attached hydrogens (tertiary/aromatic N) is 3. The van der Waals surface area contributed by atoms with Gasteiger partial charge in [-0.3, -0.25) is 14.4 Å². The molecule has 8 heteroatoms. The van der Waals surface area contributed by atoms with Crippen LogP contribution in [0.4, 0.5) is 5.69 Å². The van der Waals surface area contributed by atoms with Crippen molar-refractivity contribution in [3.63, 3.8) is 0 Å². The van der Waals surface area contributed by atoms with Gasteiger partial charge in [0.1, 0.15) is 0 Å². The van der Waals surface area contributed by atoms with Crippen molar-refractivity contribution in [1.29, 1.82) is 0 Å². The van der Waals surface area contributed by atoms with Gasteiger partial charge in [-0.05, 0) is 51.4 Å². The number of aryl methyl sites for hydroxylation is 2. The molecule has 0 bridgehead atoms. The van der Waals surface area contributed by atoms with Crippen LogP contribution in [-0.4, -0.2) is 54.1 Å². The lowest BCUT2D eigenvalue weighted by Gasteiger charge is -2.17. The molecule has 1 saturated heterocycles. The van der Waals surface area contributed by atoms with Gasteiger partial charge in [0.2, 0.25) is 5.91 Å². The molecule has 2 heterocycles. The fourth-order valence-electron chi connectivity index (χ4n) is 3.84. The van der Waals surface area contributed by atoms with Gasteiger partial charge in [0.25, 0.3) is 0 Å². The van der Waals surface area contributed by atoms with Crippen molar-refractivity contribution in [2.45, 2.75) is 46.2 Å². The van der Waals surface area contributed by atoms with Crippen LogP contribution in [0.2, 0.25) is 0 Å². The molecule has 3 rings (SSSR count). The van der Waals surface area contributed by atoms with E-state index in [1.54, 1.807) is 0 Å². The maximum Gasteiger partial charge on any atom is 0.238 e. The number of likely N-dealkylation sites (N-methyl/N-ethyl adjacent to an activating group) is 1. The summed E-state index contributed by atoms with van der Waals surface area (Å²) in [6.07, 6.45) is 1.58. The molecule has 1 aromatic carbocycles. The van der Waals surface area contributed by atoms with Crippen molar-refractivity contribution in [2.24, 2.45) is 0 Å². The summed E-state index contributed by atoms with van der Waals surface area (Å²) in [4.78, 5) is 14.3. The first-order chi connectivity index (χ1) is 13.7. The number of amides is 1. The summed E-state index contributed by atoms with van der Waals surface area (Å²) in [7, 11) is -1.06. The van der Waals surface area contributed by atoms with Gasteiger partial charge in [-0.15, -0.1) is 0 Å². The standard InChI is InChI=1S/C21H30N4O3S/c1-5-17-6-8-18(9-7-17)22-21(26)13-24(4)12-20-15(2)23-25(16(20)3)19-10-11-29(27,28)14-19/h6-9,19H,5,10-14H2,1-4H3,(H,22,26)/t19-/m1/s1. The van der Waals surface area contributed by atoms with E-state index >= 15 is 0 Å². The molecule has 29 heavy (non-hydrogen) atoms. The van der Waals surface area contributed by atoms with Crippen molar-refractivity contribution >= 4 is 21.4 Å².